The number of aryl methyl sites for hydroxylation is 1. The predicted molar refractivity (Wildman–Crippen MR) is 145 cm³/mol. The third kappa shape index (κ3) is 4.34. The lowest BCUT2D eigenvalue weighted by Gasteiger charge is -2.37. The number of esters is 1. The number of hydrogen-bond acceptors (Lipinski definition) is 6. The zero-order valence-corrected chi connectivity index (χ0v) is 23.5. The van der Waals surface area contributed by atoms with Crippen LogP contribution in [-0.2, 0) is 23.9 Å². The average Bonchev–Trinajstić information content (AvgIpc) is 3.37. The van der Waals surface area contributed by atoms with Crippen LogP contribution in [0.15, 0.2) is 30.9 Å². The minimum Gasteiger partial charge on any atom is -0.466 e. The zero-order chi connectivity index (χ0) is 27.8. The molecule has 2 bridgehead atoms. The van der Waals surface area contributed by atoms with E-state index in [2.05, 4.69) is 6.58 Å². The molecule has 38 heavy (non-hydrogen) atoms. The van der Waals surface area contributed by atoms with E-state index >= 15 is 0 Å². The van der Waals surface area contributed by atoms with Gasteiger partial charge in [-0.3, -0.25) is 14.4 Å². The molecule has 0 saturated carbocycles. The van der Waals surface area contributed by atoms with Crippen LogP contribution >= 0.6 is 11.6 Å². The Morgan fingerprint density at radius 3 is 2.71 bits per heavy atom. The van der Waals surface area contributed by atoms with Crippen molar-refractivity contribution < 1.29 is 29.0 Å². The van der Waals surface area contributed by atoms with Crippen LogP contribution in [-0.4, -0.2) is 71.3 Å². The van der Waals surface area contributed by atoms with Crippen LogP contribution in [0.4, 0.5) is 5.69 Å². The number of carbonyl (C=O) groups excluding carboxylic acids is 3. The first-order chi connectivity index (χ1) is 18.1. The quantitative estimate of drug-likeness (QED) is 0.257. The Morgan fingerprint density at radius 1 is 1.34 bits per heavy atom. The number of benzene rings is 1. The van der Waals surface area contributed by atoms with Gasteiger partial charge in [-0.05, 0) is 64.0 Å². The molecule has 3 heterocycles. The number of para-hydroxylation sites is 1. The average molecular weight is 547 g/mol. The van der Waals surface area contributed by atoms with E-state index in [4.69, 9.17) is 21.1 Å². The van der Waals surface area contributed by atoms with E-state index in [1.807, 2.05) is 32.9 Å². The zero-order valence-electron chi connectivity index (χ0n) is 22.7. The Hall–Kier alpha value is -2.42. The molecule has 1 N–H and O–H groups in total. The van der Waals surface area contributed by atoms with Gasteiger partial charge in [-0.1, -0.05) is 36.7 Å². The fourth-order valence-electron chi connectivity index (χ4n) is 6.95. The summed E-state index contributed by atoms with van der Waals surface area (Å²) in [5.74, 6) is -2.70. The Bertz CT molecular complexity index is 1090. The van der Waals surface area contributed by atoms with E-state index in [0.717, 1.165) is 5.56 Å². The molecule has 9 heteroatoms. The molecule has 8 nitrogen and oxygen atoms in total. The van der Waals surface area contributed by atoms with Gasteiger partial charge < -0.3 is 24.4 Å². The Balaban J connectivity index is 1.82. The third-order valence-corrected chi connectivity index (χ3v) is 8.99. The van der Waals surface area contributed by atoms with Gasteiger partial charge in [0.25, 0.3) is 5.91 Å². The molecular formula is C29H39ClN2O6. The summed E-state index contributed by atoms with van der Waals surface area (Å²) >= 11 is 6.60. The molecule has 1 aromatic rings. The lowest BCUT2D eigenvalue weighted by atomic mass is 9.62. The smallest absolute Gasteiger partial charge is 0.312 e. The van der Waals surface area contributed by atoms with Crippen molar-refractivity contribution in [1.29, 1.82) is 0 Å². The van der Waals surface area contributed by atoms with Crippen molar-refractivity contribution in [2.75, 3.05) is 31.2 Å². The largest absolute Gasteiger partial charge is 0.466 e. The van der Waals surface area contributed by atoms with E-state index in [-0.39, 0.29) is 37.5 Å². The van der Waals surface area contributed by atoms with Gasteiger partial charge in [-0.2, -0.15) is 0 Å². The van der Waals surface area contributed by atoms with Crippen LogP contribution in [0.5, 0.6) is 0 Å². The fraction of sp³-hybridized carbons (Fsp3) is 0.621. The first kappa shape index (κ1) is 28.6. The summed E-state index contributed by atoms with van der Waals surface area (Å²) in [6.07, 6.45) is 4.03. The van der Waals surface area contributed by atoms with Crippen LogP contribution in [0, 0.1) is 24.7 Å². The minimum atomic E-state index is -1.16. The van der Waals surface area contributed by atoms with Crippen LogP contribution in [0.3, 0.4) is 0 Å². The second-order valence-corrected chi connectivity index (χ2v) is 11.3. The van der Waals surface area contributed by atoms with E-state index in [1.165, 1.54) is 0 Å². The highest BCUT2D eigenvalue weighted by Crippen LogP contribution is 2.65. The summed E-state index contributed by atoms with van der Waals surface area (Å²) in [6, 6.07) is 4.51. The van der Waals surface area contributed by atoms with Gasteiger partial charge in [0.05, 0.1) is 28.8 Å². The van der Waals surface area contributed by atoms with Crippen molar-refractivity contribution in [2.24, 2.45) is 17.8 Å². The highest BCUT2D eigenvalue weighted by Gasteiger charge is 2.80. The maximum atomic E-state index is 14.6. The molecule has 1 aromatic carbocycles. The van der Waals surface area contributed by atoms with E-state index in [1.54, 1.807) is 28.9 Å². The third-order valence-electron chi connectivity index (χ3n) is 8.68. The number of halogens is 1. The van der Waals surface area contributed by atoms with Crippen LogP contribution in [0.2, 0.25) is 5.02 Å². The molecule has 4 rings (SSSR count). The molecule has 3 aliphatic heterocycles. The monoisotopic (exact) mass is 546 g/mol. The number of fused-ring (bicyclic) bond motifs is 1. The van der Waals surface area contributed by atoms with Crippen molar-refractivity contribution in [2.45, 2.75) is 70.6 Å². The molecule has 6 atom stereocenters. The van der Waals surface area contributed by atoms with Crippen molar-refractivity contribution >= 4 is 35.1 Å². The topological polar surface area (TPSA) is 96.4 Å². The molecule has 0 aliphatic carbocycles. The number of unbranched alkanes of at least 4 members (excludes halogenated alkanes) is 2. The first-order valence-electron chi connectivity index (χ1n) is 13.5. The van der Waals surface area contributed by atoms with Crippen LogP contribution in [0.1, 0.15) is 52.0 Å². The molecule has 208 valence electrons. The van der Waals surface area contributed by atoms with Gasteiger partial charge in [0.2, 0.25) is 5.91 Å². The summed E-state index contributed by atoms with van der Waals surface area (Å²) in [5.41, 5.74) is -0.689. The summed E-state index contributed by atoms with van der Waals surface area (Å²) in [4.78, 5) is 45.2. The Kier molecular flexibility index (Phi) is 8.26. The van der Waals surface area contributed by atoms with Crippen molar-refractivity contribution in [3.05, 3.63) is 41.4 Å². The number of anilines is 1. The fourth-order valence-corrected chi connectivity index (χ4v) is 7.28. The second kappa shape index (κ2) is 11.0. The van der Waals surface area contributed by atoms with E-state index in [0.29, 0.717) is 42.9 Å². The van der Waals surface area contributed by atoms with Gasteiger partial charge in [-0.25, -0.2) is 0 Å². The molecule has 0 aromatic heterocycles. The molecule has 0 radical (unpaired) electrons. The molecule has 3 aliphatic rings. The Labute approximate surface area is 229 Å². The van der Waals surface area contributed by atoms with Gasteiger partial charge in [-0.15, -0.1) is 6.58 Å². The standard InChI is InChI=1S/C29H39ClN2O6/c1-6-14-31(23-18(3)12-11-13-20(23)30)26(35)24-29-17-19(4)28(5,38-29)22(27(36)37-7-2)21(29)25(34)32(24)15-9-8-10-16-33/h6,11-13,19,21-22,24,33H,1,7-10,14-17H2,2-5H3/t19?,21-,22-,24?,28+,29?/m0/s1. The molecular weight excluding hydrogens is 508 g/mol. The van der Waals surface area contributed by atoms with E-state index < -0.39 is 35.0 Å². The highest BCUT2D eigenvalue weighted by molar-refractivity contribution is 6.34. The molecule has 3 fully saturated rings. The predicted octanol–water partition coefficient (Wildman–Crippen LogP) is 3.90. The van der Waals surface area contributed by atoms with Crippen molar-refractivity contribution in [1.82, 2.24) is 4.90 Å². The lowest BCUT2D eigenvalue weighted by molar-refractivity contribution is -0.161. The number of aliphatic hydroxyl groups excluding tert-OH is 1. The molecule has 1 spiro atoms. The Morgan fingerprint density at radius 2 is 2.08 bits per heavy atom. The van der Waals surface area contributed by atoms with Gasteiger partial charge in [0.1, 0.15) is 17.6 Å². The maximum absolute atomic E-state index is 14.6. The number of aliphatic hydroxyl groups is 1. The number of likely N-dealkylation sites (tertiary alicyclic amines) is 1. The summed E-state index contributed by atoms with van der Waals surface area (Å²) in [7, 11) is 0. The molecule has 3 unspecified atom stereocenters. The lowest BCUT2D eigenvalue weighted by Crippen LogP contribution is -2.57. The number of ether oxygens (including phenoxy) is 2. The summed E-state index contributed by atoms with van der Waals surface area (Å²) in [5, 5.41) is 9.67. The van der Waals surface area contributed by atoms with Crippen molar-refractivity contribution in [3.63, 3.8) is 0 Å². The number of amides is 2. The van der Waals surface area contributed by atoms with Gasteiger partial charge in [0.15, 0.2) is 0 Å². The SMILES string of the molecule is C=CCN(C(=O)C1N(CCCCCO)C(=O)[C@@H]2[C@@H](C(=O)OCC)[C@]3(C)OC12CC3C)c1c(C)cccc1Cl. The van der Waals surface area contributed by atoms with Crippen LogP contribution < -0.4 is 4.90 Å². The summed E-state index contributed by atoms with van der Waals surface area (Å²) in [6.45, 7) is 12.1. The second-order valence-electron chi connectivity index (χ2n) is 10.9. The number of hydrogen-bond donors (Lipinski definition) is 1. The first-order valence-corrected chi connectivity index (χ1v) is 13.9. The number of carbonyl (C=O) groups is 3. The van der Waals surface area contributed by atoms with E-state index in [9.17, 15) is 19.5 Å². The number of rotatable bonds is 11. The normalized spacial score (nSPS) is 31.4. The van der Waals surface area contributed by atoms with Gasteiger partial charge >= 0.3 is 5.97 Å². The summed E-state index contributed by atoms with van der Waals surface area (Å²) < 4.78 is 12.2. The van der Waals surface area contributed by atoms with Gasteiger partial charge in [0, 0.05) is 19.7 Å². The number of nitrogens with zero attached hydrogens (tertiary/aromatic N) is 2. The molecule has 3 saturated heterocycles. The van der Waals surface area contributed by atoms with Crippen LogP contribution in [0.25, 0.3) is 0 Å². The van der Waals surface area contributed by atoms with Crippen molar-refractivity contribution in [3.8, 4) is 0 Å². The maximum Gasteiger partial charge on any atom is 0.312 e. The minimum absolute atomic E-state index is 0.0612. The molecule has 2 amide bonds. The highest BCUT2D eigenvalue weighted by atomic mass is 35.5.